The molecule has 1 saturated heterocycles. The van der Waals surface area contributed by atoms with Crippen molar-refractivity contribution in [2.75, 3.05) is 23.8 Å². The number of benzene rings is 1. The number of carbonyl (C=O) groups is 1. The summed E-state index contributed by atoms with van der Waals surface area (Å²) in [6.07, 6.45) is 4.40. The number of carbonyl (C=O) groups excluding carboxylic acids is 1. The molecule has 1 aliphatic rings. The quantitative estimate of drug-likeness (QED) is 0.677. The fourth-order valence-corrected chi connectivity index (χ4v) is 2.70. The third kappa shape index (κ3) is 3.24. The number of ether oxygens (including phenoxy) is 1. The van der Waals surface area contributed by atoms with Crippen molar-refractivity contribution in [1.82, 2.24) is 0 Å². The van der Waals surface area contributed by atoms with Crippen LogP contribution in [0.3, 0.4) is 0 Å². The first-order valence-corrected chi connectivity index (χ1v) is 7.46. The van der Waals surface area contributed by atoms with Crippen LogP contribution in [0.5, 0.6) is 0 Å². The molecule has 0 spiro atoms. The van der Waals surface area contributed by atoms with Gasteiger partial charge in [-0.2, -0.15) is 0 Å². The number of anilines is 2. The predicted molar refractivity (Wildman–Crippen MR) is 82.1 cm³/mol. The van der Waals surface area contributed by atoms with Gasteiger partial charge in [0.15, 0.2) is 0 Å². The Hall–Kier alpha value is -1.71. The van der Waals surface area contributed by atoms with Crippen molar-refractivity contribution in [3.8, 4) is 0 Å². The molecule has 1 aromatic carbocycles. The zero-order valence-corrected chi connectivity index (χ0v) is 12.4. The minimum absolute atomic E-state index is 0.271. The van der Waals surface area contributed by atoms with Gasteiger partial charge in [0.25, 0.3) is 0 Å². The molecule has 0 radical (unpaired) electrons. The Morgan fingerprint density at radius 1 is 1.45 bits per heavy atom. The average molecular weight is 276 g/mol. The molecule has 0 amide bonds. The summed E-state index contributed by atoms with van der Waals surface area (Å²) in [5.74, 6) is -0.271. The molecule has 1 aromatic rings. The zero-order chi connectivity index (χ0) is 14.5. The first kappa shape index (κ1) is 14.7. The van der Waals surface area contributed by atoms with Crippen LogP contribution in [0.15, 0.2) is 18.2 Å². The lowest BCUT2D eigenvalue weighted by atomic mass is 10.0. The summed E-state index contributed by atoms with van der Waals surface area (Å²) in [7, 11) is 0. The second kappa shape index (κ2) is 6.64. The first-order chi connectivity index (χ1) is 9.63. The maximum absolute atomic E-state index is 12.2. The molecule has 2 N–H and O–H groups in total. The molecule has 1 fully saturated rings. The molecule has 20 heavy (non-hydrogen) atoms. The van der Waals surface area contributed by atoms with Crippen molar-refractivity contribution in [3.63, 3.8) is 0 Å². The number of piperidine rings is 1. The summed E-state index contributed by atoms with van der Waals surface area (Å²) in [6, 6.07) is 5.98. The standard InChI is InChI=1S/C16H24N2O2/c1-3-10-20-16(19)14-11-13(17)7-8-15(14)18-9-5-4-6-12(18)2/h7-8,11-12H,3-6,9-10,17H2,1-2H3/t12-/m1/s1. The van der Waals surface area contributed by atoms with Crippen molar-refractivity contribution in [1.29, 1.82) is 0 Å². The lowest BCUT2D eigenvalue weighted by molar-refractivity contribution is 0.0505. The van der Waals surface area contributed by atoms with Crippen LogP contribution in [0.4, 0.5) is 11.4 Å². The van der Waals surface area contributed by atoms with Gasteiger partial charge in [-0.05, 0) is 50.8 Å². The van der Waals surface area contributed by atoms with Crippen LogP contribution in [0.2, 0.25) is 0 Å². The van der Waals surface area contributed by atoms with E-state index in [4.69, 9.17) is 10.5 Å². The summed E-state index contributed by atoms with van der Waals surface area (Å²) in [5, 5.41) is 0. The van der Waals surface area contributed by atoms with Gasteiger partial charge in [-0.1, -0.05) is 6.92 Å². The zero-order valence-electron chi connectivity index (χ0n) is 12.4. The van der Waals surface area contributed by atoms with Crippen LogP contribution < -0.4 is 10.6 Å². The summed E-state index contributed by atoms with van der Waals surface area (Å²) in [4.78, 5) is 14.5. The van der Waals surface area contributed by atoms with Crippen molar-refractivity contribution in [2.45, 2.75) is 45.6 Å². The summed E-state index contributed by atoms with van der Waals surface area (Å²) < 4.78 is 5.28. The molecule has 1 heterocycles. The summed E-state index contributed by atoms with van der Waals surface area (Å²) >= 11 is 0. The van der Waals surface area contributed by atoms with Gasteiger partial charge >= 0.3 is 5.97 Å². The second-order valence-corrected chi connectivity index (χ2v) is 5.45. The Labute approximate surface area is 120 Å². The predicted octanol–water partition coefficient (Wildman–Crippen LogP) is 3.21. The number of rotatable bonds is 4. The Bertz CT molecular complexity index is 474. The summed E-state index contributed by atoms with van der Waals surface area (Å²) in [5.41, 5.74) is 7.97. The normalized spacial score (nSPS) is 18.9. The van der Waals surface area contributed by atoms with Gasteiger partial charge in [0.2, 0.25) is 0 Å². The maximum Gasteiger partial charge on any atom is 0.340 e. The Balaban J connectivity index is 2.29. The van der Waals surface area contributed by atoms with E-state index in [1.54, 1.807) is 6.07 Å². The van der Waals surface area contributed by atoms with Gasteiger partial charge in [-0.15, -0.1) is 0 Å². The molecular weight excluding hydrogens is 252 g/mol. The van der Waals surface area contributed by atoms with E-state index in [9.17, 15) is 4.79 Å². The van der Waals surface area contributed by atoms with Gasteiger partial charge in [-0.3, -0.25) is 0 Å². The number of esters is 1. The molecule has 1 atom stereocenters. The number of nitrogens with zero attached hydrogens (tertiary/aromatic N) is 1. The van der Waals surface area contributed by atoms with Crippen LogP contribution in [0.1, 0.15) is 49.9 Å². The van der Waals surface area contributed by atoms with E-state index >= 15 is 0 Å². The number of hydrogen-bond acceptors (Lipinski definition) is 4. The number of nitrogens with two attached hydrogens (primary N) is 1. The fourth-order valence-electron chi connectivity index (χ4n) is 2.70. The SMILES string of the molecule is CCCOC(=O)c1cc(N)ccc1N1CCCC[C@H]1C. The van der Waals surface area contributed by atoms with E-state index < -0.39 is 0 Å². The molecule has 110 valence electrons. The highest BCUT2D eigenvalue weighted by molar-refractivity contribution is 5.97. The average Bonchev–Trinajstić information content (AvgIpc) is 2.45. The Kier molecular flexibility index (Phi) is 4.88. The van der Waals surface area contributed by atoms with E-state index in [1.165, 1.54) is 6.42 Å². The molecule has 0 saturated carbocycles. The number of nitrogen functional groups attached to an aromatic ring is 1. The molecule has 2 rings (SSSR count). The van der Waals surface area contributed by atoms with Crippen LogP contribution in [0, 0.1) is 0 Å². The van der Waals surface area contributed by atoms with Crippen LogP contribution in [-0.2, 0) is 4.74 Å². The van der Waals surface area contributed by atoms with E-state index in [-0.39, 0.29) is 5.97 Å². The van der Waals surface area contributed by atoms with Crippen LogP contribution in [0.25, 0.3) is 0 Å². The van der Waals surface area contributed by atoms with Crippen LogP contribution in [-0.4, -0.2) is 25.2 Å². The minimum Gasteiger partial charge on any atom is -0.462 e. The second-order valence-electron chi connectivity index (χ2n) is 5.45. The molecular formula is C16H24N2O2. The molecule has 0 unspecified atom stereocenters. The van der Waals surface area contributed by atoms with Gasteiger partial charge in [-0.25, -0.2) is 4.79 Å². The molecule has 0 aromatic heterocycles. The lowest BCUT2D eigenvalue weighted by Crippen LogP contribution is -2.38. The highest BCUT2D eigenvalue weighted by atomic mass is 16.5. The van der Waals surface area contributed by atoms with Gasteiger partial charge in [0.05, 0.1) is 17.9 Å². The van der Waals surface area contributed by atoms with Crippen molar-refractivity contribution in [2.24, 2.45) is 0 Å². The Morgan fingerprint density at radius 3 is 2.95 bits per heavy atom. The highest BCUT2D eigenvalue weighted by Gasteiger charge is 2.24. The summed E-state index contributed by atoms with van der Waals surface area (Å²) in [6.45, 7) is 5.62. The van der Waals surface area contributed by atoms with E-state index in [2.05, 4.69) is 11.8 Å². The molecule has 0 bridgehead atoms. The van der Waals surface area contributed by atoms with Gasteiger partial charge in [0.1, 0.15) is 0 Å². The van der Waals surface area contributed by atoms with E-state index in [1.807, 2.05) is 19.1 Å². The molecule has 0 aliphatic carbocycles. The minimum atomic E-state index is -0.271. The molecule has 1 aliphatic heterocycles. The fraction of sp³-hybridized carbons (Fsp3) is 0.562. The van der Waals surface area contributed by atoms with Crippen LogP contribution >= 0.6 is 0 Å². The topological polar surface area (TPSA) is 55.6 Å². The third-order valence-electron chi connectivity index (χ3n) is 3.79. The Morgan fingerprint density at radius 2 is 2.25 bits per heavy atom. The van der Waals surface area contributed by atoms with Crippen molar-refractivity contribution < 1.29 is 9.53 Å². The monoisotopic (exact) mass is 276 g/mol. The van der Waals surface area contributed by atoms with Crippen molar-refractivity contribution in [3.05, 3.63) is 23.8 Å². The highest BCUT2D eigenvalue weighted by Crippen LogP contribution is 2.29. The van der Waals surface area contributed by atoms with Crippen molar-refractivity contribution >= 4 is 17.3 Å². The third-order valence-corrected chi connectivity index (χ3v) is 3.79. The van der Waals surface area contributed by atoms with E-state index in [0.29, 0.717) is 23.9 Å². The van der Waals surface area contributed by atoms with Gasteiger partial charge in [0, 0.05) is 18.3 Å². The smallest absolute Gasteiger partial charge is 0.340 e. The molecule has 4 heteroatoms. The van der Waals surface area contributed by atoms with Gasteiger partial charge < -0.3 is 15.4 Å². The van der Waals surface area contributed by atoms with E-state index in [0.717, 1.165) is 31.5 Å². The largest absolute Gasteiger partial charge is 0.462 e. The maximum atomic E-state index is 12.2. The first-order valence-electron chi connectivity index (χ1n) is 7.46. The lowest BCUT2D eigenvalue weighted by Gasteiger charge is -2.36. The molecule has 4 nitrogen and oxygen atoms in total. The number of hydrogen-bond donors (Lipinski definition) is 1.